The average Bonchev–Trinajstić information content (AvgIpc) is 2.49. The highest BCUT2D eigenvalue weighted by Gasteiger charge is 2.32. The first kappa shape index (κ1) is 17.4. The Bertz CT molecular complexity index is 271. The Morgan fingerprint density at radius 3 is 2.60 bits per heavy atom. The van der Waals surface area contributed by atoms with Gasteiger partial charge in [0.25, 0.3) is 0 Å². The minimum Gasteiger partial charge on any atom is -0.395 e. The molecule has 0 aromatic rings. The summed E-state index contributed by atoms with van der Waals surface area (Å²) in [6.45, 7) is 4.11. The fourth-order valence-electron chi connectivity index (χ4n) is 3.23. The molecule has 0 spiro atoms. The minimum absolute atomic E-state index is 0.0551. The van der Waals surface area contributed by atoms with Gasteiger partial charge in [-0.3, -0.25) is 4.79 Å². The quantitative estimate of drug-likeness (QED) is 0.638. The summed E-state index contributed by atoms with van der Waals surface area (Å²) >= 11 is 0. The molecule has 3 N–H and O–H groups in total. The number of hydrogen-bond acceptors (Lipinski definition) is 3. The molecule has 1 rings (SSSR count). The highest BCUT2D eigenvalue weighted by atomic mass is 16.3. The van der Waals surface area contributed by atoms with Gasteiger partial charge in [-0.15, -0.1) is 0 Å². The number of carbonyl (C=O) groups excluding carboxylic acids is 1. The van der Waals surface area contributed by atoms with Crippen molar-refractivity contribution in [3.05, 3.63) is 0 Å². The SMILES string of the molecule is CCCCCCN(CCO)C(=O)C1CCCCC1CN. The van der Waals surface area contributed by atoms with Crippen LogP contribution in [-0.4, -0.2) is 42.2 Å². The molecular formula is C16H32N2O2. The van der Waals surface area contributed by atoms with Crippen LogP contribution in [0.1, 0.15) is 58.3 Å². The lowest BCUT2D eigenvalue weighted by Gasteiger charge is -2.34. The molecule has 0 saturated heterocycles. The maximum atomic E-state index is 12.7. The zero-order valence-electron chi connectivity index (χ0n) is 13.0. The van der Waals surface area contributed by atoms with Crippen molar-refractivity contribution in [3.63, 3.8) is 0 Å². The van der Waals surface area contributed by atoms with Crippen molar-refractivity contribution < 1.29 is 9.90 Å². The lowest BCUT2D eigenvalue weighted by molar-refractivity contribution is -0.139. The standard InChI is InChI=1S/C16H32N2O2/c1-2-3-4-7-10-18(11-12-19)16(20)15-9-6-5-8-14(15)13-17/h14-15,19H,2-13,17H2,1H3. The molecule has 1 amide bonds. The summed E-state index contributed by atoms with van der Waals surface area (Å²) in [4.78, 5) is 14.5. The van der Waals surface area contributed by atoms with E-state index in [1.807, 2.05) is 4.90 Å². The van der Waals surface area contributed by atoms with Crippen LogP contribution in [0.25, 0.3) is 0 Å². The van der Waals surface area contributed by atoms with Gasteiger partial charge in [0.1, 0.15) is 0 Å². The van der Waals surface area contributed by atoms with Gasteiger partial charge in [-0.1, -0.05) is 39.0 Å². The van der Waals surface area contributed by atoms with Crippen LogP contribution in [0, 0.1) is 11.8 Å². The Hall–Kier alpha value is -0.610. The zero-order chi connectivity index (χ0) is 14.8. The van der Waals surface area contributed by atoms with Crippen LogP contribution >= 0.6 is 0 Å². The molecule has 1 aliphatic rings. The normalized spacial score (nSPS) is 22.8. The average molecular weight is 284 g/mol. The third-order valence-electron chi connectivity index (χ3n) is 4.49. The molecule has 4 nitrogen and oxygen atoms in total. The van der Waals surface area contributed by atoms with Crippen molar-refractivity contribution in [2.75, 3.05) is 26.2 Å². The molecular weight excluding hydrogens is 252 g/mol. The molecule has 1 fully saturated rings. The van der Waals surface area contributed by atoms with Gasteiger partial charge in [-0.2, -0.15) is 0 Å². The number of aliphatic hydroxyl groups is 1. The molecule has 4 heteroatoms. The number of nitrogens with two attached hydrogens (primary N) is 1. The van der Waals surface area contributed by atoms with E-state index in [0.29, 0.717) is 19.0 Å². The molecule has 1 aliphatic carbocycles. The van der Waals surface area contributed by atoms with Crippen LogP contribution in [0.15, 0.2) is 0 Å². The van der Waals surface area contributed by atoms with E-state index in [4.69, 9.17) is 5.73 Å². The van der Waals surface area contributed by atoms with Crippen molar-refractivity contribution in [1.29, 1.82) is 0 Å². The summed E-state index contributed by atoms with van der Waals surface area (Å²) < 4.78 is 0. The van der Waals surface area contributed by atoms with Gasteiger partial charge in [0.05, 0.1) is 6.61 Å². The van der Waals surface area contributed by atoms with E-state index in [1.54, 1.807) is 0 Å². The van der Waals surface area contributed by atoms with E-state index in [1.165, 1.54) is 19.3 Å². The van der Waals surface area contributed by atoms with Gasteiger partial charge < -0.3 is 15.7 Å². The van der Waals surface area contributed by atoms with Crippen molar-refractivity contribution in [2.24, 2.45) is 17.6 Å². The van der Waals surface area contributed by atoms with Gasteiger partial charge in [-0.25, -0.2) is 0 Å². The lowest BCUT2D eigenvalue weighted by Crippen LogP contribution is -2.43. The topological polar surface area (TPSA) is 66.6 Å². The van der Waals surface area contributed by atoms with Crippen molar-refractivity contribution in [2.45, 2.75) is 58.3 Å². The first-order chi connectivity index (χ1) is 9.74. The van der Waals surface area contributed by atoms with Gasteiger partial charge in [0, 0.05) is 19.0 Å². The van der Waals surface area contributed by atoms with E-state index in [-0.39, 0.29) is 18.4 Å². The fraction of sp³-hybridized carbons (Fsp3) is 0.938. The third kappa shape index (κ3) is 5.41. The number of unbranched alkanes of at least 4 members (excludes halogenated alkanes) is 3. The summed E-state index contributed by atoms with van der Waals surface area (Å²) in [7, 11) is 0. The smallest absolute Gasteiger partial charge is 0.226 e. The lowest BCUT2D eigenvalue weighted by atomic mass is 9.78. The van der Waals surface area contributed by atoms with E-state index in [0.717, 1.165) is 38.6 Å². The molecule has 0 heterocycles. The second-order valence-corrected chi connectivity index (χ2v) is 6.00. The Labute approximate surface area is 123 Å². The third-order valence-corrected chi connectivity index (χ3v) is 4.49. The number of rotatable bonds is 9. The van der Waals surface area contributed by atoms with Gasteiger partial charge in [0.15, 0.2) is 0 Å². The summed E-state index contributed by atoms with van der Waals surface area (Å²) in [5.41, 5.74) is 5.83. The first-order valence-electron chi connectivity index (χ1n) is 8.34. The number of amides is 1. The Morgan fingerprint density at radius 2 is 1.95 bits per heavy atom. The van der Waals surface area contributed by atoms with Gasteiger partial charge >= 0.3 is 0 Å². The molecule has 118 valence electrons. The number of carbonyl (C=O) groups is 1. The summed E-state index contributed by atoms with van der Waals surface area (Å²) in [5, 5.41) is 9.19. The Morgan fingerprint density at radius 1 is 1.20 bits per heavy atom. The second-order valence-electron chi connectivity index (χ2n) is 6.00. The highest BCUT2D eigenvalue weighted by molar-refractivity contribution is 5.79. The monoisotopic (exact) mass is 284 g/mol. The molecule has 2 unspecified atom stereocenters. The second kappa shape index (κ2) is 10.2. The molecule has 0 aromatic heterocycles. The molecule has 0 aromatic carbocycles. The molecule has 0 aliphatic heterocycles. The maximum Gasteiger partial charge on any atom is 0.226 e. The summed E-state index contributed by atoms with van der Waals surface area (Å²) in [6.07, 6.45) is 9.00. The number of nitrogens with zero attached hydrogens (tertiary/aromatic N) is 1. The van der Waals surface area contributed by atoms with Crippen LogP contribution in [0.3, 0.4) is 0 Å². The predicted octanol–water partition coefficient (Wildman–Crippen LogP) is 2.15. The molecule has 0 radical (unpaired) electrons. The Kier molecular flexibility index (Phi) is 8.86. The molecule has 1 saturated carbocycles. The predicted molar refractivity (Wildman–Crippen MR) is 82.3 cm³/mol. The van der Waals surface area contributed by atoms with Crippen LogP contribution in [0.5, 0.6) is 0 Å². The van der Waals surface area contributed by atoms with E-state index >= 15 is 0 Å². The highest BCUT2D eigenvalue weighted by Crippen LogP contribution is 2.30. The Balaban J connectivity index is 2.52. The van der Waals surface area contributed by atoms with Crippen molar-refractivity contribution in [1.82, 2.24) is 4.90 Å². The maximum absolute atomic E-state index is 12.7. The zero-order valence-corrected chi connectivity index (χ0v) is 13.0. The summed E-state index contributed by atoms with van der Waals surface area (Å²) in [5.74, 6) is 0.658. The van der Waals surface area contributed by atoms with Crippen LogP contribution in [0.4, 0.5) is 0 Å². The van der Waals surface area contributed by atoms with E-state index in [9.17, 15) is 9.90 Å². The molecule has 0 bridgehead atoms. The first-order valence-corrected chi connectivity index (χ1v) is 8.34. The fourth-order valence-corrected chi connectivity index (χ4v) is 3.23. The molecule has 20 heavy (non-hydrogen) atoms. The van der Waals surface area contributed by atoms with Gasteiger partial charge in [0.2, 0.25) is 5.91 Å². The van der Waals surface area contributed by atoms with Crippen molar-refractivity contribution in [3.8, 4) is 0 Å². The number of hydrogen-bond donors (Lipinski definition) is 2. The van der Waals surface area contributed by atoms with Crippen molar-refractivity contribution >= 4 is 5.91 Å². The van der Waals surface area contributed by atoms with Gasteiger partial charge in [-0.05, 0) is 31.7 Å². The van der Waals surface area contributed by atoms with E-state index < -0.39 is 0 Å². The largest absolute Gasteiger partial charge is 0.395 e. The molecule has 2 atom stereocenters. The van der Waals surface area contributed by atoms with Crippen LogP contribution in [-0.2, 0) is 4.79 Å². The summed E-state index contributed by atoms with van der Waals surface area (Å²) in [6, 6.07) is 0. The van der Waals surface area contributed by atoms with E-state index in [2.05, 4.69) is 6.92 Å². The van der Waals surface area contributed by atoms with Crippen LogP contribution < -0.4 is 5.73 Å². The minimum atomic E-state index is 0.0551. The number of aliphatic hydroxyl groups excluding tert-OH is 1. The van der Waals surface area contributed by atoms with Crippen LogP contribution in [0.2, 0.25) is 0 Å².